The maximum atomic E-state index is 12.2. The van der Waals surface area contributed by atoms with E-state index in [-0.39, 0.29) is 24.4 Å². The third kappa shape index (κ3) is 4.65. The number of furan rings is 1. The van der Waals surface area contributed by atoms with Crippen molar-refractivity contribution in [2.24, 2.45) is 5.73 Å². The monoisotopic (exact) mass is 375 g/mol. The van der Waals surface area contributed by atoms with E-state index in [4.69, 9.17) is 21.8 Å². The molecule has 7 heteroatoms. The number of primary amides is 1. The van der Waals surface area contributed by atoms with Crippen molar-refractivity contribution in [1.29, 1.82) is 0 Å². The number of halogens is 1. The summed E-state index contributed by atoms with van der Waals surface area (Å²) in [7, 11) is 0. The number of piperidine rings is 1. The van der Waals surface area contributed by atoms with E-state index in [2.05, 4.69) is 5.32 Å². The van der Waals surface area contributed by atoms with Gasteiger partial charge in [-0.2, -0.15) is 0 Å². The minimum atomic E-state index is -0.365. The van der Waals surface area contributed by atoms with Crippen molar-refractivity contribution in [3.8, 4) is 11.3 Å². The zero-order valence-electron chi connectivity index (χ0n) is 14.4. The number of hydrogen-bond donors (Lipinski definition) is 2. The Balaban J connectivity index is 1.53. The average molecular weight is 376 g/mol. The van der Waals surface area contributed by atoms with Crippen LogP contribution < -0.4 is 11.1 Å². The van der Waals surface area contributed by atoms with Gasteiger partial charge in [-0.1, -0.05) is 18.0 Å². The molecular formula is C19H22ClN3O3. The maximum absolute atomic E-state index is 12.2. The lowest BCUT2D eigenvalue weighted by Crippen LogP contribution is -2.51. The number of hydrogen-bond acceptors (Lipinski definition) is 4. The topological polar surface area (TPSA) is 88.6 Å². The van der Waals surface area contributed by atoms with E-state index < -0.39 is 0 Å². The Morgan fingerprint density at radius 2 is 1.96 bits per heavy atom. The quantitative estimate of drug-likeness (QED) is 0.812. The summed E-state index contributed by atoms with van der Waals surface area (Å²) in [5.74, 6) is 0.864. The third-order valence-corrected chi connectivity index (χ3v) is 4.79. The Hall–Kier alpha value is -2.31. The van der Waals surface area contributed by atoms with Gasteiger partial charge in [0.05, 0.1) is 19.1 Å². The first kappa shape index (κ1) is 18.5. The molecule has 0 radical (unpaired) electrons. The lowest BCUT2D eigenvalue weighted by molar-refractivity contribution is -0.128. The van der Waals surface area contributed by atoms with E-state index in [9.17, 15) is 9.59 Å². The molecule has 1 aromatic heterocycles. The van der Waals surface area contributed by atoms with E-state index in [0.29, 0.717) is 30.3 Å². The van der Waals surface area contributed by atoms with Crippen LogP contribution in [-0.2, 0) is 16.1 Å². The van der Waals surface area contributed by atoms with Crippen LogP contribution in [0, 0.1) is 0 Å². The number of benzene rings is 1. The van der Waals surface area contributed by atoms with Crippen LogP contribution in [0.25, 0.3) is 11.3 Å². The molecule has 1 atom stereocenters. The molecule has 0 saturated carbocycles. The van der Waals surface area contributed by atoms with Gasteiger partial charge < -0.3 is 15.5 Å². The molecule has 0 aliphatic carbocycles. The number of nitrogens with zero attached hydrogens (tertiary/aromatic N) is 1. The Morgan fingerprint density at radius 3 is 2.69 bits per heavy atom. The van der Waals surface area contributed by atoms with Crippen molar-refractivity contribution in [2.75, 3.05) is 13.1 Å². The highest BCUT2D eigenvalue weighted by atomic mass is 35.5. The normalized spacial score (nSPS) is 17.8. The number of amides is 2. The minimum absolute atomic E-state index is 0.150. The molecule has 2 heterocycles. The molecule has 3 N–H and O–H groups in total. The highest BCUT2D eigenvalue weighted by Crippen LogP contribution is 2.23. The molecule has 2 amide bonds. The second kappa shape index (κ2) is 8.38. The maximum Gasteiger partial charge on any atom is 0.234 e. The molecule has 2 aromatic rings. The number of carbonyl (C=O) groups excluding carboxylic acids is 2. The first-order chi connectivity index (χ1) is 12.5. The predicted octanol–water partition coefficient (Wildman–Crippen LogP) is 2.56. The fourth-order valence-corrected chi connectivity index (χ4v) is 3.30. The van der Waals surface area contributed by atoms with E-state index in [1.807, 2.05) is 29.2 Å². The number of rotatable bonds is 6. The smallest absolute Gasteiger partial charge is 0.234 e. The van der Waals surface area contributed by atoms with Crippen molar-refractivity contribution < 1.29 is 14.0 Å². The second-order valence-corrected chi connectivity index (χ2v) is 6.87. The first-order valence-electron chi connectivity index (χ1n) is 8.67. The van der Waals surface area contributed by atoms with Gasteiger partial charge in [0.25, 0.3) is 0 Å². The zero-order valence-corrected chi connectivity index (χ0v) is 15.2. The molecule has 1 aliphatic rings. The van der Waals surface area contributed by atoms with Gasteiger partial charge in [0.15, 0.2) is 0 Å². The fraction of sp³-hybridized carbons (Fsp3) is 0.368. The van der Waals surface area contributed by atoms with Crippen LogP contribution in [0.2, 0.25) is 5.02 Å². The van der Waals surface area contributed by atoms with Gasteiger partial charge in [0.1, 0.15) is 11.5 Å². The van der Waals surface area contributed by atoms with Gasteiger partial charge in [-0.25, -0.2) is 0 Å². The van der Waals surface area contributed by atoms with Gasteiger partial charge in [0, 0.05) is 10.6 Å². The Bertz CT molecular complexity index is 773. The molecule has 1 saturated heterocycles. The summed E-state index contributed by atoms with van der Waals surface area (Å²) >= 11 is 5.89. The molecule has 26 heavy (non-hydrogen) atoms. The van der Waals surface area contributed by atoms with E-state index in [1.54, 1.807) is 12.1 Å². The molecule has 1 aliphatic heterocycles. The number of nitrogens with one attached hydrogen (secondary N) is 1. The standard InChI is InChI=1S/C19H22ClN3O3/c20-14-6-4-13(5-7-14)17-9-8-15(26-17)11-22-18(24)12-23-10-2-1-3-16(23)19(21)25/h4-9,16H,1-3,10-12H2,(H2,21,25)(H,22,24)/t16-/m1/s1. The largest absolute Gasteiger partial charge is 0.459 e. The SMILES string of the molecule is NC(=O)[C@H]1CCCCN1CC(=O)NCc1ccc(-c2ccc(Cl)cc2)o1. The summed E-state index contributed by atoms with van der Waals surface area (Å²) in [6.07, 6.45) is 2.65. The molecule has 138 valence electrons. The molecule has 1 fully saturated rings. The molecular weight excluding hydrogens is 354 g/mol. The van der Waals surface area contributed by atoms with Crippen LogP contribution in [0.3, 0.4) is 0 Å². The second-order valence-electron chi connectivity index (χ2n) is 6.43. The Morgan fingerprint density at radius 1 is 1.19 bits per heavy atom. The first-order valence-corrected chi connectivity index (χ1v) is 9.05. The number of nitrogens with two attached hydrogens (primary N) is 1. The van der Waals surface area contributed by atoms with E-state index >= 15 is 0 Å². The van der Waals surface area contributed by atoms with Gasteiger partial charge in [-0.05, 0) is 55.8 Å². The van der Waals surface area contributed by atoms with Crippen molar-refractivity contribution in [3.63, 3.8) is 0 Å². The Labute approximate surface area is 157 Å². The van der Waals surface area contributed by atoms with Crippen LogP contribution in [-0.4, -0.2) is 35.8 Å². The number of likely N-dealkylation sites (tertiary alicyclic amines) is 1. The van der Waals surface area contributed by atoms with Crippen LogP contribution >= 0.6 is 11.6 Å². The fourth-order valence-electron chi connectivity index (χ4n) is 3.17. The summed E-state index contributed by atoms with van der Waals surface area (Å²) in [4.78, 5) is 25.6. The lowest BCUT2D eigenvalue weighted by atomic mass is 10.0. The summed E-state index contributed by atoms with van der Waals surface area (Å²) in [6.45, 7) is 1.17. The molecule has 1 aromatic carbocycles. The van der Waals surface area contributed by atoms with Crippen molar-refractivity contribution in [1.82, 2.24) is 10.2 Å². The summed E-state index contributed by atoms with van der Waals surface area (Å²) in [5, 5.41) is 3.50. The molecule has 0 spiro atoms. The van der Waals surface area contributed by atoms with E-state index in [0.717, 1.165) is 24.2 Å². The van der Waals surface area contributed by atoms with Gasteiger partial charge >= 0.3 is 0 Å². The van der Waals surface area contributed by atoms with Gasteiger partial charge in [-0.3, -0.25) is 14.5 Å². The summed E-state index contributed by atoms with van der Waals surface area (Å²) < 4.78 is 5.76. The lowest BCUT2D eigenvalue weighted by Gasteiger charge is -2.32. The summed E-state index contributed by atoms with van der Waals surface area (Å²) in [5.41, 5.74) is 6.35. The Kier molecular flexibility index (Phi) is 5.96. The summed E-state index contributed by atoms with van der Waals surface area (Å²) in [6, 6.07) is 10.7. The zero-order chi connectivity index (χ0) is 18.5. The van der Waals surface area contributed by atoms with Crippen LogP contribution in [0.5, 0.6) is 0 Å². The van der Waals surface area contributed by atoms with Crippen LogP contribution in [0.4, 0.5) is 0 Å². The molecule has 6 nitrogen and oxygen atoms in total. The van der Waals surface area contributed by atoms with Crippen molar-refractivity contribution in [3.05, 3.63) is 47.2 Å². The van der Waals surface area contributed by atoms with Gasteiger partial charge in [-0.15, -0.1) is 0 Å². The highest BCUT2D eigenvalue weighted by Gasteiger charge is 2.28. The van der Waals surface area contributed by atoms with Gasteiger partial charge in [0.2, 0.25) is 11.8 Å². The van der Waals surface area contributed by atoms with Crippen molar-refractivity contribution >= 4 is 23.4 Å². The third-order valence-electron chi connectivity index (χ3n) is 4.54. The molecule has 3 rings (SSSR count). The van der Waals surface area contributed by atoms with Crippen LogP contribution in [0.15, 0.2) is 40.8 Å². The average Bonchev–Trinajstić information content (AvgIpc) is 3.10. The molecule has 0 unspecified atom stereocenters. The van der Waals surface area contributed by atoms with Crippen LogP contribution in [0.1, 0.15) is 25.0 Å². The highest BCUT2D eigenvalue weighted by molar-refractivity contribution is 6.30. The minimum Gasteiger partial charge on any atom is -0.459 e. The molecule has 0 bridgehead atoms. The van der Waals surface area contributed by atoms with E-state index in [1.165, 1.54) is 0 Å². The predicted molar refractivity (Wildman–Crippen MR) is 99.4 cm³/mol. The number of carbonyl (C=O) groups is 2. The van der Waals surface area contributed by atoms with Crippen molar-refractivity contribution in [2.45, 2.75) is 31.8 Å².